The van der Waals surface area contributed by atoms with Crippen LogP contribution in [-0.2, 0) is 9.53 Å². The van der Waals surface area contributed by atoms with Gasteiger partial charge in [0.15, 0.2) is 5.96 Å². The summed E-state index contributed by atoms with van der Waals surface area (Å²) >= 11 is 0. The van der Waals surface area contributed by atoms with E-state index in [4.69, 9.17) is 4.74 Å². The number of hydrogen-bond acceptors (Lipinski definition) is 4. The number of aliphatic imine (C=N–C) groups is 1. The average molecular weight is 335 g/mol. The number of carbonyl (C=O) groups is 1. The highest BCUT2D eigenvalue weighted by Gasteiger charge is 2.22. The van der Waals surface area contributed by atoms with Crippen LogP contribution < -0.4 is 16.0 Å². The highest BCUT2D eigenvalue weighted by atomic mass is 19.3. The van der Waals surface area contributed by atoms with Crippen molar-refractivity contribution in [3.63, 3.8) is 0 Å². The minimum atomic E-state index is -2.29. The Labute approximate surface area is 135 Å². The largest absolute Gasteiger partial charge is 0.383 e. The molecule has 3 N–H and O–H groups in total. The summed E-state index contributed by atoms with van der Waals surface area (Å²) in [6, 6.07) is 0.173. The molecule has 1 fully saturated rings. The Morgan fingerprint density at radius 3 is 2.61 bits per heavy atom. The number of alkyl halides is 2. The van der Waals surface area contributed by atoms with Crippen molar-refractivity contribution in [1.82, 2.24) is 20.9 Å². The normalized spacial score (nSPS) is 17.3. The lowest BCUT2D eigenvalue weighted by Crippen LogP contribution is -2.50. The van der Waals surface area contributed by atoms with Gasteiger partial charge in [-0.05, 0) is 12.8 Å². The molecule has 0 aromatic heterocycles. The van der Waals surface area contributed by atoms with Gasteiger partial charge in [-0.15, -0.1) is 0 Å². The van der Waals surface area contributed by atoms with Crippen molar-refractivity contribution in [2.24, 2.45) is 4.99 Å². The predicted octanol–water partition coefficient (Wildman–Crippen LogP) is -0.356. The van der Waals surface area contributed by atoms with E-state index in [9.17, 15) is 13.6 Å². The number of guanidine groups is 1. The van der Waals surface area contributed by atoms with Crippen LogP contribution in [-0.4, -0.2) is 82.7 Å². The standard InChI is InChI=1S/C14H27F2N5O2/c1-17-14(19-9-13(22)18-5-8-23-2)20-11-3-6-21(7-4-11)10-12(15)16/h11-12H,3-10H2,1-2H3,(H,18,22)(H2,17,19,20). The van der Waals surface area contributed by atoms with E-state index in [0.717, 1.165) is 12.8 Å². The van der Waals surface area contributed by atoms with Crippen molar-refractivity contribution in [2.45, 2.75) is 25.3 Å². The quantitative estimate of drug-likeness (QED) is 0.321. The zero-order valence-corrected chi connectivity index (χ0v) is 13.8. The third kappa shape index (κ3) is 8.65. The maximum absolute atomic E-state index is 12.3. The average Bonchev–Trinajstić information content (AvgIpc) is 2.52. The molecular formula is C14H27F2N5O2. The third-order valence-corrected chi connectivity index (χ3v) is 3.59. The van der Waals surface area contributed by atoms with E-state index in [1.165, 1.54) is 0 Å². The molecule has 9 heteroatoms. The van der Waals surface area contributed by atoms with Crippen LogP contribution in [0.1, 0.15) is 12.8 Å². The summed E-state index contributed by atoms with van der Waals surface area (Å²) in [5, 5.41) is 8.87. The van der Waals surface area contributed by atoms with Crippen LogP contribution in [0.3, 0.4) is 0 Å². The van der Waals surface area contributed by atoms with E-state index >= 15 is 0 Å². The molecule has 0 radical (unpaired) electrons. The number of ether oxygens (including phenoxy) is 1. The lowest BCUT2D eigenvalue weighted by molar-refractivity contribution is -0.120. The van der Waals surface area contributed by atoms with Crippen LogP contribution in [0, 0.1) is 0 Å². The summed E-state index contributed by atoms with van der Waals surface area (Å²) in [6.45, 7) is 2.16. The number of nitrogens with zero attached hydrogens (tertiary/aromatic N) is 2. The maximum atomic E-state index is 12.3. The summed E-state index contributed by atoms with van der Waals surface area (Å²) < 4.78 is 29.5. The number of halogens is 2. The zero-order chi connectivity index (χ0) is 17.1. The molecule has 0 atom stereocenters. The van der Waals surface area contributed by atoms with Crippen molar-refractivity contribution < 1.29 is 18.3 Å². The van der Waals surface area contributed by atoms with E-state index in [1.807, 2.05) is 0 Å². The highest BCUT2D eigenvalue weighted by Crippen LogP contribution is 2.11. The van der Waals surface area contributed by atoms with E-state index in [-0.39, 0.29) is 25.0 Å². The molecule has 1 aliphatic heterocycles. The van der Waals surface area contributed by atoms with Gasteiger partial charge in [0.05, 0.1) is 19.7 Å². The molecule has 0 unspecified atom stereocenters. The summed E-state index contributed by atoms with van der Waals surface area (Å²) in [7, 11) is 3.20. The monoisotopic (exact) mass is 335 g/mol. The van der Waals surface area contributed by atoms with Gasteiger partial charge in [-0.25, -0.2) is 8.78 Å². The Balaban J connectivity index is 2.23. The molecule has 134 valence electrons. The minimum Gasteiger partial charge on any atom is -0.383 e. The molecule has 1 heterocycles. The summed E-state index contributed by atoms with van der Waals surface area (Å²) in [5.74, 6) is 0.399. The van der Waals surface area contributed by atoms with Crippen molar-refractivity contribution in [3.8, 4) is 0 Å². The smallest absolute Gasteiger partial charge is 0.251 e. The van der Waals surface area contributed by atoms with Crippen molar-refractivity contribution >= 4 is 11.9 Å². The zero-order valence-electron chi connectivity index (χ0n) is 13.8. The lowest BCUT2D eigenvalue weighted by Gasteiger charge is -2.32. The van der Waals surface area contributed by atoms with Crippen LogP contribution in [0.15, 0.2) is 4.99 Å². The topological polar surface area (TPSA) is 78.0 Å². The Hall–Kier alpha value is -1.48. The molecule has 0 saturated carbocycles. The molecule has 0 aliphatic carbocycles. The number of carbonyl (C=O) groups excluding carboxylic acids is 1. The second kappa shape index (κ2) is 11.1. The number of likely N-dealkylation sites (tertiary alicyclic amines) is 1. The van der Waals surface area contributed by atoms with Gasteiger partial charge in [-0.3, -0.25) is 14.7 Å². The van der Waals surface area contributed by atoms with Gasteiger partial charge in [-0.1, -0.05) is 0 Å². The van der Waals surface area contributed by atoms with Gasteiger partial charge in [0, 0.05) is 39.8 Å². The molecule has 0 aromatic carbocycles. The molecule has 1 amide bonds. The molecular weight excluding hydrogens is 308 g/mol. The van der Waals surface area contributed by atoms with Gasteiger partial charge in [0.1, 0.15) is 0 Å². The molecule has 0 spiro atoms. The summed E-state index contributed by atoms with van der Waals surface area (Å²) in [4.78, 5) is 17.4. The minimum absolute atomic E-state index is 0.119. The van der Waals surface area contributed by atoms with Gasteiger partial charge >= 0.3 is 0 Å². The van der Waals surface area contributed by atoms with Crippen LogP contribution in [0.2, 0.25) is 0 Å². The van der Waals surface area contributed by atoms with Crippen LogP contribution in [0.25, 0.3) is 0 Å². The Kier molecular flexibility index (Phi) is 9.46. The fourth-order valence-electron chi connectivity index (χ4n) is 2.36. The summed E-state index contributed by atoms with van der Waals surface area (Å²) in [5.41, 5.74) is 0. The predicted molar refractivity (Wildman–Crippen MR) is 84.8 cm³/mol. The molecule has 1 saturated heterocycles. The Morgan fingerprint density at radius 2 is 2.04 bits per heavy atom. The first-order valence-corrected chi connectivity index (χ1v) is 7.78. The molecule has 0 bridgehead atoms. The lowest BCUT2D eigenvalue weighted by atomic mass is 10.1. The van der Waals surface area contributed by atoms with E-state index in [1.54, 1.807) is 19.1 Å². The van der Waals surface area contributed by atoms with Crippen molar-refractivity contribution in [1.29, 1.82) is 0 Å². The van der Waals surface area contributed by atoms with Crippen LogP contribution >= 0.6 is 0 Å². The van der Waals surface area contributed by atoms with Crippen LogP contribution in [0.4, 0.5) is 8.78 Å². The maximum Gasteiger partial charge on any atom is 0.251 e. The van der Waals surface area contributed by atoms with E-state index < -0.39 is 6.43 Å². The SMILES string of the molecule is CN=C(NCC(=O)NCCOC)NC1CCN(CC(F)F)CC1. The number of rotatable bonds is 8. The molecule has 0 aromatic rings. The first-order chi connectivity index (χ1) is 11.0. The number of hydrogen-bond donors (Lipinski definition) is 3. The fourth-order valence-corrected chi connectivity index (χ4v) is 2.36. The number of piperidine rings is 1. The van der Waals surface area contributed by atoms with E-state index in [2.05, 4.69) is 20.9 Å². The van der Waals surface area contributed by atoms with Gasteiger partial charge in [-0.2, -0.15) is 0 Å². The molecule has 7 nitrogen and oxygen atoms in total. The van der Waals surface area contributed by atoms with Gasteiger partial charge in [0.25, 0.3) is 6.43 Å². The van der Waals surface area contributed by atoms with Gasteiger partial charge < -0.3 is 20.7 Å². The first-order valence-electron chi connectivity index (χ1n) is 7.78. The van der Waals surface area contributed by atoms with Gasteiger partial charge in [0.2, 0.25) is 5.91 Å². The second-order valence-corrected chi connectivity index (χ2v) is 5.38. The highest BCUT2D eigenvalue weighted by molar-refractivity contribution is 5.86. The summed E-state index contributed by atoms with van der Waals surface area (Å²) in [6.07, 6.45) is -0.744. The Bertz CT molecular complexity index is 374. The third-order valence-electron chi connectivity index (χ3n) is 3.59. The van der Waals surface area contributed by atoms with E-state index in [0.29, 0.717) is 32.2 Å². The number of amides is 1. The Morgan fingerprint density at radius 1 is 1.35 bits per heavy atom. The van der Waals surface area contributed by atoms with Crippen molar-refractivity contribution in [2.75, 3.05) is 53.5 Å². The fraction of sp³-hybridized carbons (Fsp3) is 0.857. The van der Waals surface area contributed by atoms with Crippen molar-refractivity contribution in [3.05, 3.63) is 0 Å². The number of nitrogens with one attached hydrogen (secondary N) is 3. The number of methoxy groups -OCH3 is 1. The van der Waals surface area contributed by atoms with Crippen LogP contribution in [0.5, 0.6) is 0 Å². The molecule has 1 aliphatic rings. The second-order valence-electron chi connectivity index (χ2n) is 5.38. The molecule has 23 heavy (non-hydrogen) atoms. The molecule has 1 rings (SSSR count). The first kappa shape index (κ1) is 19.6.